The molecule has 2 aliphatic heterocycles. The van der Waals surface area contributed by atoms with E-state index in [0.717, 1.165) is 42.7 Å². The van der Waals surface area contributed by atoms with Crippen LogP contribution in [0.5, 0.6) is 5.88 Å². The molecule has 0 spiro atoms. The highest BCUT2D eigenvalue weighted by Crippen LogP contribution is 2.33. The maximum Gasteiger partial charge on any atom is 0.247 e. The van der Waals surface area contributed by atoms with Gasteiger partial charge in [-0.2, -0.15) is 0 Å². The van der Waals surface area contributed by atoms with Crippen molar-refractivity contribution in [3.05, 3.63) is 59.2 Å². The molecule has 0 saturated carbocycles. The number of hydrogen-bond donors (Lipinski definition) is 6. The quantitative estimate of drug-likeness (QED) is 0.128. The highest BCUT2D eigenvalue weighted by atomic mass is 16.7. The van der Waals surface area contributed by atoms with E-state index in [-0.39, 0.29) is 30.8 Å². The number of amides is 2. The van der Waals surface area contributed by atoms with Crippen LogP contribution in [0.15, 0.2) is 42.5 Å². The third-order valence-corrected chi connectivity index (χ3v) is 9.89. The van der Waals surface area contributed by atoms with Gasteiger partial charge in [-0.1, -0.05) is 43.3 Å². The summed E-state index contributed by atoms with van der Waals surface area (Å²) in [4.78, 5) is 30.0. The summed E-state index contributed by atoms with van der Waals surface area (Å²) in [6, 6.07) is 14.0. The lowest BCUT2D eigenvalue weighted by atomic mass is 9.99. The van der Waals surface area contributed by atoms with Gasteiger partial charge in [0.2, 0.25) is 24.0 Å². The lowest BCUT2D eigenvalue weighted by Crippen LogP contribution is -2.60. The fourth-order valence-corrected chi connectivity index (χ4v) is 6.82. The highest BCUT2D eigenvalue weighted by Gasteiger charge is 2.45. The number of benzene rings is 2. The molecular weight excluding hydrogens is 658 g/mol. The molecule has 5 atom stereocenters. The number of aryl methyl sites for hydroxylation is 3. The number of piperazine rings is 1. The first-order chi connectivity index (χ1) is 24.4. The van der Waals surface area contributed by atoms with Gasteiger partial charge < -0.3 is 50.1 Å². The van der Waals surface area contributed by atoms with Gasteiger partial charge in [0.15, 0.2) is 0 Å². The SMILES string of the molecule is CCN1CCN(C(=O)C(C)(C)NC(=O)CCCc2ccc(CCc3cccc4c3c(O[C@@H]3O[C@H](CO)[C@@H](O)[C@H](O)[C@H]3O)nn4CCO)cc2)CC1. The smallest absolute Gasteiger partial charge is 0.247 e. The van der Waals surface area contributed by atoms with Gasteiger partial charge in [0.25, 0.3) is 0 Å². The zero-order chi connectivity index (χ0) is 36.7. The van der Waals surface area contributed by atoms with Crippen LogP contribution in [0.3, 0.4) is 0 Å². The summed E-state index contributed by atoms with van der Waals surface area (Å²) in [5, 5.41) is 58.3. The molecule has 3 aromatic rings. The molecule has 14 nitrogen and oxygen atoms in total. The molecule has 5 rings (SSSR count). The third kappa shape index (κ3) is 9.24. The van der Waals surface area contributed by atoms with Crippen molar-refractivity contribution in [2.24, 2.45) is 0 Å². The average molecular weight is 712 g/mol. The van der Waals surface area contributed by atoms with E-state index in [9.17, 15) is 35.1 Å². The normalized spacial score (nSPS) is 23.1. The van der Waals surface area contributed by atoms with E-state index in [2.05, 4.69) is 46.5 Å². The predicted octanol–water partition coefficient (Wildman–Crippen LogP) is 0.374. The maximum absolute atomic E-state index is 13.1. The Bertz CT molecular complexity index is 1600. The Morgan fingerprint density at radius 1 is 0.941 bits per heavy atom. The number of likely N-dealkylation sites (N-methyl/N-ethyl adjacent to an activating group) is 1. The highest BCUT2D eigenvalue weighted by molar-refractivity contribution is 5.91. The van der Waals surface area contributed by atoms with Crippen molar-refractivity contribution >= 4 is 22.7 Å². The summed E-state index contributed by atoms with van der Waals surface area (Å²) in [5.74, 6) is -0.0427. The number of hydrogen-bond acceptors (Lipinski definition) is 11. The number of ether oxygens (including phenoxy) is 2. The topological polar surface area (TPSA) is 190 Å². The molecule has 2 aromatic carbocycles. The molecule has 0 radical (unpaired) electrons. The van der Waals surface area contributed by atoms with Gasteiger partial charge in [0.1, 0.15) is 30.0 Å². The number of carbonyl (C=O) groups excluding carboxylic acids is 2. The fraction of sp³-hybridized carbons (Fsp3) is 0.595. The summed E-state index contributed by atoms with van der Waals surface area (Å²) in [6.07, 6.45) is -4.19. The Hall–Kier alpha value is -3.63. The number of nitrogens with zero attached hydrogens (tertiary/aromatic N) is 4. The van der Waals surface area contributed by atoms with Crippen molar-refractivity contribution in [2.45, 2.75) is 95.7 Å². The second kappa shape index (κ2) is 17.3. The van der Waals surface area contributed by atoms with E-state index in [1.54, 1.807) is 18.5 Å². The van der Waals surface area contributed by atoms with Crippen LogP contribution in [0.25, 0.3) is 10.9 Å². The summed E-state index contributed by atoms with van der Waals surface area (Å²) >= 11 is 0. The number of rotatable bonds is 15. The predicted molar refractivity (Wildman–Crippen MR) is 189 cm³/mol. The van der Waals surface area contributed by atoms with Gasteiger partial charge in [-0.25, -0.2) is 0 Å². The Balaban J connectivity index is 1.16. The van der Waals surface area contributed by atoms with Crippen molar-refractivity contribution in [1.82, 2.24) is 24.9 Å². The molecule has 2 amide bonds. The third-order valence-electron chi connectivity index (χ3n) is 9.89. The van der Waals surface area contributed by atoms with Crippen LogP contribution in [0, 0.1) is 0 Å². The second-order valence-corrected chi connectivity index (χ2v) is 13.9. The van der Waals surface area contributed by atoms with Gasteiger partial charge in [-0.15, -0.1) is 5.10 Å². The average Bonchev–Trinajstić information content (AvgIpc) is 3.48. The molecule has 14 heteroatoms. The van der Waals surface area contributed by atoms with E-state index in [1.165, 1.54) is 0 Å². The first kappa shape index (κ1) is 38.6. The van der Waals surface area contributed by atoms with E-state index < -0.39 is 42.9 Å². The van der Waals surface area contributed by atoms with Gasteiger partial charge in [-0.05, 0) is 68.8 Å². The number of aliphatic hydroxyl groups excluding tert-OH is 5. The van der Waals surface area contributed by atoms with E-state index in [0.29, 0.717) is 49.7 Å². The number of aliphatic hydroxyl groups is 5. The Morgan fingerprint density at radius 2 is 1.63 bits per heavy atom. The molecule has 1 aromatic heterocycles. The molecule has 51 heavy (non-hydrogen) atoms. The standard InChI is InChI=1S/C37H53N5O9/c1-4-40-17-19-41(20-18-40)36(49)37(2,3)38-29(45)10-5-7-24-11-13-25(14-12-24)15-16-26-8-6-9-27-30(26)34(39-42(27)21-22-43)51-35-33(48)32(47)31(46)28(23-44)50-35/h6,8-9,11-14,28,31-33,35,43-44,46-48H,4-5,7,10,15-23H2,1-3H3,(H,38,45)/t28-,31-,32+,33-,35+/m1/s1. The molecule has 6 N–H and O–H groups in total. The molecular formula is C37H53N5O9. The van der Waals surface area contributed by atoms with Gasteiger partial charge in [0.05, 0.1) is 30.7 Å². The van der Waals surface area contributed by atoms with Crippen LogP contribution < -0.4 is 10.1 Å². The molecule has 280 valence electrons. The minimum atomic E-state index is -1.59. The van der Waals surface area contributed by atoms with Crippen molar-refractivity contribution in [3.63, 3.8) is 0 Å². The molecule has 2 saturated heterocycles. The van der Waals surface area contributed by atoms with Crippen molar-refractivity contribution in [1.29, 1.82) is 0 Å². The Labute approximate surface area is 298 Å². The summed E-state index contributed by atoms with van der Waals surface area (Å²) < 4.78 is 13.1. The van der Waals surface area contributed by atoms with Crippen LogP contribution in [0.1, 0.15) is 50.3 Å². The van der Waals surface area contributed by atoms with Crippen molar-refractivity contribution < 1.29 is 44.6 Å². The first-order valence-corrected chi connectivity index (χ1v) is 17.9. The summed E-state index contributed by atoms with van der Waals surface area (Å²) in [7, 11) is 0. The lowest BCUT2D eigenvalue weighted by Gasteiger charge is -2.39. The van der Waals surface area contributed by atoms with Gasteiger partial charge in [-0.3, -0.25) is 14.3 Å². The van der Waals surface area contributed by atoms with Crippen LogP contribution in [-0.2, 0) is 40.1 Å². The maximum atomic E-state index is 13.1. The number of aromatic nitrogens is 2. The molecule has 2 aliphatic rings. The minimum Gasteiger partial charge on any atom is -0.443 e. The van der Waals surface area contributed by atoms with Crippen LogP contribution >= 0.6 is 0 Å². The second-order valence-electron chi connectivity index (χ2n) is 13.9. The van der Waals surface area contributed by atoms with Crippen LogP contribution in [-0.4, -0.2) is 139 Å². The van der Waals surface area contributed by atoms with Gasteiger partial charge >= 0.3 is 0 Å². The molecule has 3 heterocycles. The van der Waals surface area contributed by atoms with Crippen LogP contribution in [0.4, 0.5) is 0 Å². The van der Waals surface area contributed by atoms with E-state index in [4.69, 9.17) is 9.47 Å². The minimum absolute atomic E-state index is 0.0463. The molecule has 2 fully saturated rings. The number of fused-ring (bicyclic) bond motifs is 1. The zero-order valence-corrected chi connectivity index (χ0v) is 29.8. The lowest BCUT2D eigenvalue weighted by molar-refractivity contribution is -0.278. The van der Waals surface area contributed by atoms with Crippen LogP contribution in [0.2, 0.25) is 0 Å². The Morgan fingerprint density at radius 3 is 2.27 bits per heavy atom. The largest absolute Gasteiger partial charge is 0.443 e. The number of nitrogens with one attached hydrogen (secondary N) is 1. The fourth-order valence-electron chi connectivity index (χ4n) is 6.82. The summed E-state index contributed by atoms with van der Waals surface area (Å²) in [5.41, 5.74) is 2.88. The number of carbonyl (C=O) groups is 2. The van der Waals surface area contributed by atoms with Crippen molar-refractivity contribution in [3.8, 4) is 5.88 Å². The summed E-state index contributed by atoms with van der Waals surface area (Å²) in [6.45, 7) is 9.14. The molecule has 0 unspecified atom stereocenters. The first-order valence-electron chi connectivity index (χ1n) is 17.9. The zero-order valence-electron chi connectivity index (χ0n) is 29.8. The van der Waals surface area contributed by atoms with E-state index >= 15 is 0 Å². The van der Waals surface area contributed by atoms with Crippen molar-refractivity contribution in [2.75, 3.05) is 45.9 Å². The molecule has 0 bridgehead atoms. The van der Waals surface area contributed by atoms with E-state index in [1.807, 2.05) is 23.1 Å². The van der Waals surface area contributed by atoms with Gasteiger partial charge in [0, 0.05) is 32.6 Å². The monoisotopic (exact) mass is 711 g/mol. The molecule has 0 aliphatic carbocycles. The Kier molecular flexibility index (Phi) is 13.1.